The summed E-state index contributed by atoms with van der Waals surface area (Å²) in [6, 6.07) is 59.1. The molecule has 0 bridgehead atoms. The molecule has 322 valence electrons. The molecule has 0 heterocycles. The number of hydrogen-bond acceptors (Lipinski definition) is 4. The minimum absolute atomic E-state index is 0.164. The van der Waals surface area contributed by atoms with Crippen LogP contribution < -0.4 is 9.80 Å². The van der Waals surface area contributed by atoms with E-state index in [0.717, 1.165) is 62.0 Å². The second kappa shape index (κ2) is 15.3. The minimum atomic E-state index is -4.75. The van der Waals surface area contributed by atoms with Gasteiger partial charge in [-0.25, -0.2) is 0 Å². The van der Waals surface area contributed by atoms with Crippen molar-refractivity contribution in [3.8, 4) is 34.4 Å². The van der Waals surface area contributed by atoms with Crippen molar-refractivity contribution in [3.05, 3.63) is 239 Å². The van der Waals surface area contributed by atoms with E-state index in [-0.39, 0.29) is 33.9 Å². The molecule has 0 fully saturated rings. The molecule has 1 spiro atoms. The third-order valence-electron chi connectivity index (χ3n) is 13.0. The van der Waals surface area contributed by atoms with Crippen molar-refractivity contribution in [1.29, 1.82) is 10.5 Å². The van der Waals surface area contributed by atoms with Gasteiger partial charge >= 0.3 is 12.4 Å². The van der Waals surface area contributed by atoms with Crippen molar-refractivity contribution in [2.75, 3.05) is 9.80 Å². The van der Waals surface area contributed by atoms with Crippen LogP contribution in [0.1, 0.15) is 44.5 Å². The average Bonchev–Trinajstić information content (AvgIpc) is 3.63. The smallest absolute Gasteiger partial charge is 0.309 e. The lowest BCUT2D eigenvalue weighted by atomic mass is 9.61. The van der Waals surface area contributed by atoms with Crippen molar-refractivity contribution < 1.29 is 26.3 Å². The third-order valence-corrected chi connectivity index (χ3v) is 13.0. The molecule has 0 aliphatic heterocycles. The van der Waals surface area contributed by atoms with Crippen molar-refractivity contribution in [2.45, 2.75) is 17.8 Å². The number of benzene rings is 9. The van der Waals surface area contributed by atoms with Gasteiger partial charge < -0.3 is 9.80 Å². The van der Waals surface area contributed by atoms with E-state index < -0.39 is 28.9 Å². The van der Waals surface area contributed by atoms with Gasteiger partial charge in [0, 0.05) is 11.1 Å². The maximum absolute atomic E-state index is 15.0. The van der Waals surface area contributed by atoms with Crippen LogP contribution in [0.4, 0.5) is 60.5 Å². The molecule has 2 aliphatic rings. The predicted octanol–water partition coefficient (Wildman–Crippen LogP) is 15.9. The molecule has 0 saturated heterocycles. The molecule has 1 atom stereocenters. The van der Waals surface area contributed by atoms with Crippen LogP contribution in [0.25, 0.3) is 33.0 Å². The molecule has 1 unspecified atom stereocenters. The zero-order chi connectivity index (χ0) is 46.2. The Morgan fingerprint density at radius 1 is 0.373 bits per heavy atom. The fourth-order valence-corrected chi connectivity index (χ4v) is 10.4. The molecular weight excluding hydrogens is 855 g/mol. The number of nitriles is 2. The Hall–Kier alpha value is -8.60. The summed E-state index contributed by atoms with van der Waals surface area (Å²) in [7, 11) is 0. The first-order valence-corrected chi connectivity index (χ1v) is 21.3. The summed E-state index contributed by atoms with van der Waals surface area (Å²) in [6.07, 6.45) is -9.49. The third kappa shape index (κ3) is 6.14. The van der Waals surface area contributed by atoms with Gasteiger partial charge in [0.1, 0.15) is 12.1 Å². The van der Waals surface area contributed by atoms with Crippen molar-refractivity contribution in [1.82, 2.24) is 0 Å². The summed E-state index contributed by atoms with van der Waals surface area (Å²) >= 11 is 0. The second-order valence-corrected chi connectivity index (χ2v) is 16.4. The topological polar surface area (TPSA) is 54.1 Å². The van der Waals surface area contributed by atoms with E-state index in [0.29, 0.717) is 16.8 Å². The van der Waals surface area contributed by atoms with E-state index in [4.69, 9.17) is 0 Å². The first-order chi connectivity index (χ1) is 32.5. The Labute approximate surface area is 381 Å². The Kier molecular flexibility index (Phi) is 9.36. The van der Waals surface area contributed by atoms with E-state index in [1.54, 1.807) is 60.7 Å². The highest BCUT2D eigenvalue weighted by atomic mass is 19.4. The maximum Gasteiger partial charge on any atom is 0.418 e. The van der Waals surface area contributed by atoms with Gasteiger partial charge in [0.15, 0.2) is 0 Å². The number of alkyl halides is 6. The maximum atomic E-state index is 15.0. The normalized spacial score (nSPS) is 14.4. The number of hydrogen-bond donors (Lipinski definition) is 0. The summed E-state index contributed by atoms with van der Waals surface area (Å²) in [4.78, 5) is 3.00. The highest BCUT2D eigenvalue weighted by Crippen LogP contribution is 2.63. The molecule has 0 radical (unpaired) electrons. The van der Waals surface area contributed by atoms with Gasteiger partial charge in [-0.3, -0.25) is 0 Å². The Bertz CT molecular complexity index is 3580. The molecule has 9 aromatic rings. The number of rotatable bonds is 6. The zero-order valence-corrected chi connectivity index (χ0v) is 35.0. The van der Waals surface area contributed by atoms with Crippen molar-refractivity contribution in [2.24, 2.45) is 0 Å². The van der Waals surface area contributed by atoms with Crippen LogP contribution in [0.2, 0.25) is 0 Å². The molecule has 0 aromatic heterocycles. The molecule has 10 heteroatoms. The van der Waals surface area contributed by atoms with Crippen LogP contribution in [0.5, 0.6) is 0 Å². The van der Waals surface area contributed by atoms with E-state index >= 15 is 26.3 Å². The lowest BCUT2D eigenvalue weighted by molar-refractivity contribution is -0.137. The summed E-state index contributed by atoms with van der Waals surface area (Å²) in [6.45, 7) is 0. The van der Waals surface area contributed by atoms with Gasteiger partial charge in [-0.2, -0.15) is 36.9 Å². The summed E-state index contributed by atoms with van der Waals surface area (Å²) in [5, 5.41) is 22.1. The largest absolute Gasteiger partial charge is 0.418 e. The SMILES string of the molecule is N#Cc1ccccc1N(c1ccc2c(c1)C1(c3ccccc3-2)c2ccccc2-c2ccc(N(c3ccccc3C#N)c3ccccc3C(F)(F)F)c3cccc1c23)c1ccccc1C(F)(F)F. The van der Waals surface area contributed by atoms with E-state index in [1.165, 1.54) is 46.2 Å². The van der Waals surface area contributed by atoms with Gasteiger partial charge in [-0.05, 0) is 117 Å². The fraction of sp³-hybridized carbons (Fsp3) is 0.0526. The second-order valence-electron chi connectivity index (χ2n) is 16.4. The Morgan fingerprint density at radius 2 is 0.821 bits per heavy atom. The van der Waals surface area contributed by atoms with Gasteiger partial charge in [0.2, 0.25) is 0 Å². The highest BCUT2D eigenvalue weighted by Gasteiger charge is 2.51. The monoisotopic (exact) mass is 886 g/mol. The standard InChI is InChI=1S/C57H32F6N4/c58-56(59,60)45-21-7-11-26-52(45)66(49-24-9-1-14-35(49)33-64)37-28-29-40-38-16-3-5-19-43(38)55(48(40)32-37)44-20-6-4-17-39(44)41-30-31-51(42-18-13-23-47(55)54(41)42)67(50-25-10-2-15-36(50)34-65)53-27-12-8-22-46(53)57(61,62)63/h1-32H. The van der Waals surface area contributed by atoms with Gasteiger partial charge in [0.25, 0.3) is 0 Å². The summed E-state index contributed by atoms with van der Waals surface area (Å²) in [5.74, 6) is 0. The number of fused-ring (bicyclic) bond motifs is 9. The minimum Gasteiger partial charge on any atom is -0.309 e. The molecular formula is C57H32F6N4. The Balaban J connectivity index is 1.25. The Morgan fingerprint density at radius 3 is 1.40 bits per heavy atom. The molecule has 67 heavy (non-hydrogen) atoms. The molecule has 0 N–H and O–H groups in total. The number of anilines is 6. The molecule has 2 aliphatic carbocycles. The molecule has 0 saturated carbocycles. The van der Waals surface area contributed by atoms with E-state index in [1.807, 2.05) is 72.8 Å². The first-order valence-electron chi connectivity index (χ1n) is 21.3. The quantitative estimate of drug-likeness (QED) is 0.156. The highest BCUT2D eigenvalue weighted by molar-refractivity contribution is 6.13. The van der Waals surface area contributed by atoms with Crippen LogP contribution >= 0.6 is 0 Å². The first kappa shape index (κ1) is 41.1. The summed E-state index contributed by atoms with van der Waals surface area (Å²) < 4.78 is 90.1. The van der Waals surface area contributed by atoms with Crippen LogP contribution in [-0.4, -0.2) is 0 Å². The average molecular weight is 887 g/mol. The van der Waals surface area contributed by atoms with Crippen molar-refractivity contribution >= 4 is 44.9 Å². The van der Waals surface area contributed by atoms with Crippen molar-refractivity contribution in [3.63, 3.8) is 0 Å². The number of para-hydroxylation sites is 4. The molecule has 4 nitrogen and oxygen atoms in total. The van der Waals surface area contributed by atoms with Crippen LogP contribution in [-0.2, 0) is 17.8 Å². The zero-order valence-electron chi connectivity index (χ0n) is 35.0. The van der Waals surface area contributed by atoms with Crippen LogP contribution in [0.15, 0.2) is 194 Å². The van der Waals surface area contributed by atoms with E-state index in [2.05, 4.69) is 24.3 Å². The van der Waals surface area contributed by atoms with Crippen LogP contribution in [0, 0.1) is 22.7 Å². The summed E-state index contributed by atoms with van der Waals surface area (Å²) in [5.41, 5.74) is 5.22. The lowest BCUT2D eigenvalue weighted by Crippen LogP contribution is -2.32. The lowest BCUT2D eigenvalue weighted by Gasteiger charge is -2.41. The fourth-order valence-electron chi connectivity index (χ4n) is 10.4. The van der Waals surface area contributed by atoms with Gasteiger partial charge in [-0.15, -0.1) is 0 Å². The number of halogens is 6. The predicted molar refractivity (Wildman–Crippen MR) is 249 cm³/mol. The molecule has 0 amide bonds. The van der Waals surface area contributed by atoms with Crippen LogP contribution in [0.3, 0.4) is 0 Å². The molecule has 9 aromatic carbocycles. The van der Waals surface area contributed by atoms with E-state index in [9.17, 15) is 10.5 Å². The van der Waals surface area contributed by atoms with Gasteiger partial charge in [0.05, 0.1) is 56.1 Å². The molecule has 11 rings (SSSR count). The van der Waals surface area contributed by atoms with Gasteiger partial charge in [-0.1, -0.05) is 127 Å². The number of nitrogens with zero attached hydrogens (tertiary/aromatic N) is 4.